The molecule has 0 saturated carbocycles. The van der Waals surface area contributed by atoms with Gasteiger partial charge in [-0.25, -0.2) is 4.90 Å². The van der Waals surface area contributed by atoms with Crippen LogP contribution in [0, 0.1) is 0 Å². The Labute approximate surface area is 54.7 Å². The van der Waals surface area contributed by atoms with Crippen molar-refractivity contribution in [2.24, 2.45) is 0 Å². The summed E-state index contributed by atoms with van der Waals surface area (Å²) >= 11 is 0. The predicted octanol–water partition coefficient (Wildman–Crippen LogP) is -0.820. The Kier molecular flexibility index (Phi) is 4.61. The van der Waals surface area contributed by atoms with Crippen molar-refractivity contribution in [3.05, 3.63) is 0 Å². The fourth-order valence-electron chi connectivity index (χ4n) is 0.475. The summed E-state index contributed by atoms with van der Waals surface area (Å²) in [7, 11) is 1.38. The van der Waals surface area contributed by atoms with E-state index in [4.69, 9.17) is 10.2 Å². The topological polar surface area (TPSA) is 52.9 Å². The molecule has 0 heterocycles. The summed E-state index contributed by atoms with van der Waals surface area (Å²) in [6.07, 6.45) is -0.986. The van der Waals surface area contributed by atoms with Crippen LogP contribution in [0.4, 0.5) is 0 Å². The molecule has 1 atom stereocenters. The summed E-state index contributed by atoms with van der Waals surface area (Å²) in [5.74, 6) is 0. The maximum absolute atomic E-state index is 8.86. The van der Waals surface area contributed by atoms with Gasteiger partial charge in [0.15, 0.2) is 0 Å². The highest BCUT2D eigenvalue weighted by molar-refractivity contribution is 4.42. The van der Waals surface area contributed by atoms with Gasteiger partial charge in [-0.2, -0.15) is 0 Å². The zero-order valence-corrected chi connectivity index (χ0v) is 5.74. The summed E-state index contributed by atoms with van der Waals surface area (Å²) in [6, 6.07) is 0. The van der Waals surface area contributed by atoms with Crippen molar-refractivity contribution in [1.82, 2.24) is 4.90 Å². The highest BCUT2D eigenvalue weighted by Gasteiger charge is 2.09. The van der Waals surface area contributed by atoms with Crippen LogP contribution in [0.25, 0.3) is 0 Å². The van der Waals surface area contributed by atoms with Gasteiger partial charge < -0.3 is 14.9 Å². The van der Waals surface area contributed by atoms with Crippen molar-refractivity contribution < 1.29 is 14.9 Å². The van der Waals surface area contributed by atoms with E-state index in [0.29, 0.717) is 6.54 Å². The van der Waals surface area contributed by atoms with Gasteiger partial charge in [-0.15, -0.1) is 0 Å². The van der Waals surface area contributed by atoms with Crippen LogP contribution in [0.2, 0.25) is 0 Å². The summed E-state index contributed by atoms with van der Waals surface area (Å²) in [4.78, 5) is 1.36. The van der Waals surface area contributed by atoms with Crippen molar-refractivity contribution >= 4 is 0 Å². The first kappa shape index (κ1) is 8.84. The summed E-state index contributed by atoms with van der Waals surface area (Å²) in [5.41, 5.74) is 0. The average Bonchev–Trinajstić information content (AvgIpc) is 1.90. The summed E-state index contributed by atoms with van der Waals surface area (Å²) < 4.78 is 4.52. The Morgan fingerprint density at radius 2 is 2.22 bits per heavy atom. The highest BCUT2D eigenvalue weighted by Crippen LogP contribution is 1.92. The number of aliphatic hydroxyl groups excluding tert-OH is 2. The Morgan fingerprint density at radius 1 is 1.67 bits per heavy atom. The third-order valence-electron chi connectivity index (χ3n) is 1.11. The van der Waals surface area contributed by atoms with Gasteiger partial charge in [-0.1, -0.05) is 6.92 Å². The Balaban J connectivity index is 3.50. The van der Waals surface area contributed by atoms with Crippen LogP contribution >= 0.6 is 0 Å². The number of rotatable bonds is 4. The van der Waals surface area contributed by atoms with E-state index in [1.807, 2.05) is 6.92 Å². The molecule has 0 bridgehead atoms. The van der Waals surface area contributed by atoms with Gasteiger partial charge >= 0.3 is 0 Å². The minimum atomic E-state index is -0.986. The third-order valence-corrected chi connectivity index (χ3v) is 1.11. The lowest BCUT2D eigenvalue weighted by Crippen LogP contribution is -2.36. The molecule has 9 heavy (non-hydrogen) atoms. The monoisotopic (exact) mass is 135 g/mol. The molecular weight excluding hydrogens is 122 g/mol. The molecule has 4 nitrogen and oxygen atoms in total. The molecule has 0 rings (SSSR count). The smallest absolute Gasteiger partial charge is 0.217 e. The highest BCUT2D eigenvalue weighted by atomic mass is 16.6. The van der Waals surface area contributed by atoms with Gasteiger partial charge in [0.25, 0.3) is 0 Å². The van der Waals surface area contributed by atoms with E-state index in [9.17, 15) is 0 Å². The number of methoxy groups -OCH3 is 1. The number of hydrogen-bond acceptors (Lipinski definition) is 4. The lowest BCUT2D eigenvalue weighted by Gasteiger charge is -2.21. The van der Waals surface area contributed by atoms with E-state index < -0.39 is 6.41 Å². The molecular formula is C5H13NO3. The second-order valence-corrected chi connectivity index (χ2v) is 1.61. The second kappa shape index (κ2) is 4.69. The first-order chi connectivity index (χ1) is 4.26. The van der Waals surface area contributed by atoms with Gasteiger partial charge in [0, 0.05) is 13.7 Å². The molecule has 0 amide bonds. The Morgan fingerprint density at radius 3 is 2.33 bits per heavy atom. The molecule has 0 aromatic rings. The molecule has 0 aliphatic carbocycles. The summed E-state index contributed by atoms with van der Waals surface area (Å²) in [5, 5.41) is 17.4. The van der Waals surface area contributed by atoms with Crippen LogP contribution in [0.15, 0.2) is 0 Å². The molecule has 0 saturated heterocycles. The van der Waals surface area contributed by atoms with Crippen LogP contribution in [0.5, 0.6) is 0 Å². The van der Waals surface area contributed by atoms with Crippen LogP contribution in [0.3, 0.4) is 0 Å². The average molecular weight is 135 g/mol. The van der Waals surface area contributed by atoms with E-state index in [2.05, 4.69) is 4.74 Å². The number of aliphatic hydroxyl groups is 2. The van der Waals surface area contributed by atoms with Gasteiger partial charge in [0.05, 0.1) is 6.73 Å². The van der Waals surface area contributed by atoms with Crippen molar-refractivity contribution in [3.63, 3.8) is 0 Å². The largest absolute Gasteiger partial charge is 0.381 e. The van der Waals surface area contributed by atoms with Gasteiger partial charge in [-0.3, -0.25) is 0 Å². The fraction of sp³-hybridized carbons (Fsp3) is 1.00. The van der Waals surface area contributed by atoms with Gasteiger partial charge in [-0.05, 0) is 0 Å². The molecule has 0 fully saturated rings. The SMILES string of the molecule is CCN(CO)C(O)OC. The van der Waals surface area contributed by atoms with Crippen molar-refractivity contribution in [1.29, 1.82) is 0 Å². The van der Waals surface area contributed by atoms with E-state index >= 15 is 0 Å². The number of ether oxygens (including phenoxy) is 1. The quantitative estimate of drug-likeness (QED) is 0.494. The fourth-order valence-corrected chi connectivity index (χ4v) is 0.475. The lowest BCUT2D eigenvalue weighted by atomic mass is 10.6. The molecule has 56 valence electrons. The van der Waals surface area contributed by atoms with Crippen LogP contribution in [-0.2, 0) is 4.74 Å². The number of nitrogens with zero attached hydrogens (tertiary/aromatic N) is 1. The van der Waals surface area contributed by atoms with Crippen molar-refractivity contribution in [3.8, 4) is 0 Å². The molecule has 2 N–H and O–H groups in total. The maximum atomic E-state index is 8.86. The molecule has 0 aliphatic heterocycles. The zero-order valence-electron chi connectivity index (χ0n) is 5.74. The Bertz CT molecular complexity index is 65.2. The first-order valence-corrected chi connectivity index (χ1v) is 2.82. The zero-order chi connectivity index (χ0) is 7.28. The van der Waals surface area contributed by atoms with Crippen LogP contribution < -0.4 is 0 Å². The van der Waals surface area contributed by atoms with Gasteiger partial charge in [0.1, 0.15) is 0 Å². The number of hydrogen-bond donors (Lipinski definition) is 2. The van der Waals surface area contributed by atoms with E-state index in [-0.39, 0.29) is 6.73 Å². The molecule has 0 aromatic carbocycles. The van der Waals surface area contributed by atoms with E-state index in [1.165, 1.54) is 12.0 Å². The van der Waals surface area contributed by atoms with E-state index in [0.717, 1.165) is 0 Å². The van der Waals surface area contributed by atoms with E-state index in [1.54, 1.807) is 0 Å². The minimum Gasteiger partial charge on any atom is -0.381 e. The minimum absolute atomic E-state index is 0.189. The Hall–Kier alpha value is -0.160. The maximum Gasteiger partial charge on any atom is 0.217 e. The first-order valence-electron chi connectivity index (χ1n) is 2.82. The second-order valence-electron chi connectivity index (χ2n) is 1.61. The lowest BCUT2D eigenvalue weighted by molar-refractivity contribution is -0.193. The normalized spacial score (nSPS) is 14.3. The molecule has 0 aliphatic rings. The summed E-state index contributed by atoms with van der Waals surface area (Å²) in [6.45, 7) is 2.19. The van der Waals surface area contributed by atoms with Crippen molar-refractivity contribution in [2.75, 3.05) is 20.4 Å². The molecule has 0 radical (unpaired) electrons. The molecule has 0 spiro atoms. The molecule has 1 unspecified atom stereocenters. The standard InChI is InChI=1S/C5H13NO3/c1-3-6(4-7)5(8)9-2/h5,7-8H,3-4H2,1-2H3. The van der Waals surface area contributed by atoms with Gasteiger partial charge in [0.2, 0.25) is 6.41 Å². The molecule has 4 heteroatoms. The van der Waals surface area contributed by atoms with Crippen molar-refractivity contribution in [2.45, 2.75) is 13.3 Å². The molecule has 0 aromatic heterocycles. The third kappa shape index (κ3) is 2.76. The van der Waals surface area contributed by atoms with Crippen LogP contribution in [-0.4, -0.2) is 41.9 Å². The predicted molar refractivity (Wildman–Crippen MR) is 32.5 cm³/mol. The van der Waals surface area contributed by atoms with Crippen LogP contribution in [0.1, 0.15) is 6.92 Å².